The van der Waals surface area contributed by atoms with Gasteiger partial charge in [0.05, 0.1) is 5.56 Å². The van der Waals surface area contributed by atoms with Crippen LogP contribution in [0.1, 0.15) is 21.5 Å². The van der Waals surface area contributed by atoms with Crippen molar-refractivity contribution in [3.63, 3.8) is 0 Å². The molecular formula is C19H14F3NO5. The van der Waals surface area contributed by atoms with E-state index in [1.54, 1.807) is 12.1 Å². The number of carbonyl (C=O) groups excluding carboxylic acids is 1. The molecule has 2 aromatic heterocycles. The van der Waals surface area contributed by atoms with E-state index in [1.807, 2.05) is 13.0 Å². The van der Waals surface area contributed by atoms with Gasteiger partial charge in [0.1, 0.15) is 12.2 Å². The van der Waals surface area contributed by atoms with Crippen LogP contribution in [0.5, 0.6) is 5.88 Å². The van der Waals surface area contributed by atoms with Gasteiger partial charge in [0.25, 0.3) is 0 Å². The normalized spacial score (nSPS) is 11.4. The lowest BCUT2D eigenvalue weighted by Gasteiger charge is -2.09. The fourth-order valence-electron chi connectivity index (χ4n) is 2.43. The highest BCUT2D eigenvalue weighted by Gasteiger charge is 2.28. The second-order valence-electron chi connectivity index (χ2n) is 5.96. The van der Waals surface area contributed by atoms with Crippen LogP contribution in [0.15, 0.2) is 51.8 Å². The van der Waals surface area contributed by atoms with Crippen LogP contribution < -0.4 is 10.4 Å². The van der Waals surface area contributed by atoms with Crippen LogP contribution in [0, 0.1) is 6.92 Å². The molecule has 0 atom stereocenters. The highest BCUT2D eigenvalue weighted by Crippen LogP contribution is 2.20. The lowest BCUT2D eigenvalue weighted by molar-refractivity contribution is -0.154. The zero-order valence-electron chi connectivity index (χ0n) is 14.6. The summed E-state index contributed by atoms with van der Waals surface area (Å²) >= 11 is 0. The molecule has 3 rings (SSSR count). The first-order valence-electron chi connectivity index (χ1n) is 8.07. The molecule has 3 aromatic rings. The first kappa shape index (κ1) is 19.4. The van der Waals surface area contributed by atoms with E-state index >= 15 is 0 Å². The highest BCUT2D eigenvalue weighted by molar-refractivity contribution is 5.89. The van der Waals surface area contributed by atoms with Crippen LogP contribution in [-0.4, -0.2) is 23.7 Å². The molecule has 0 amide bonds. The molecule has 0 saturated heterocycles. The average molecular weight is 393 g/mol. The molecule has 0 N–H and O–H groups in total. The summed E-state index contributed by atoms with van der Waals surface area (Å²) in [5, 5.41) is 0.632. The summed E-state index contributed by atoms with van der Waals surface area (Å²) in [6.45, 7) is 0.185. The molecule has 6 nitrogen and oxygen atoms in total. The van der Waals surface area contributed by atoms with Crippen molar-refractivity contribution in [3.8, 4) is 5.88 Å². The van der Waals surface area contributed by atoms with E-state index in [4.69, 9.17) is 9.15 Å². The van der Waals surface area contributed by atoms with Crippen molar-refractivity contribution in [1.29, 1.82) is 0 Å². The number of fused-ring (bicyclic) bond motifs is 1. The molecule has 1 aromatic carbocycles. The quantitative estimate of drug-likeness (QED) is 0.485. The molecule has 0 aliphatic heterocycles. The van der Waals surface area contributed by atoms with E-state index in [9.17, 15) is 22.8 Å². The van der Waals surface area contributed by atoms with Gasteiger partial charge in [-0.2, -0.15) is 13.2 Å². The zero-order chi connectivity index (χ0) is 20.3. The monoisotopic (exact) mass is 393 g/mol. The lowest BCUT2D eigenvalue weighted by Crippen LogP contribution is -2.19. The number of esters is 1. The number of alkyl halides is 3. The molecule has 0 unspecified atom stereocenters. The molecule has 2 heterocycles. The maximum absolute atomic E-state index is 12.1. The Morgan fingerprint density at radius 1 is 1.18 bits per heavy atom. The van der Waals surface area contributed by atoms with Crippen molar-refractivity contribution < 1.29 is 31.9 Å². The molecule has 0 aliphatic rings. The van der Waals surface area contributed by atoms with E-state index in [1.165, 1.54) is 12.1 Å². The van der Waals surface area contributed by atoms with Gasteiger partial charge >= 0.3 is 17.8 Å². The Morgan fingerprint density at radius 3 is 2.64 bits per heavy atom. The number of aryl methyl sites for hydroxylation is 1. The van der Waals surface area contributed by atoms with Gasteiger partial charge in [-0.25, -0.2) is 14.6 Å². The van der Waals surface area contributed by atoms with Crippen LogP contribution >= 0.6 is 0 Å². The van der Waals surface area contributed by atoms with Crippen molar-refractivity contribution in [1.82, 2.24) is 4.98 Å². The van der Waals surface area contributed by atoms with Crippen LogP contribution in [0.2, 0.25) is 0 Å². The van der Waals surface area contributed by atoms with Gasteiger partial charge in [-0.3, -0.25) is 0 Å². The number of hydrogen-bond donors (Lipinski definition) is 0. The predicted molar refractivity (Wildman–Crippen MR) is 92.1 cm³/mol. The first-order valence-corrected chi connectivity index (χ1v) is 8.07. The van der Waals surface area contributed by atoms with Gasteiger partial charge < -0.3 is 13.9 Å². The van der Waals surface area contributed by atoms with Crippen molar-refractivity contribution in [2.45, 2.75) is 19.7 Å². The zero-order valence-corrected chi connectivity index (χ0v) is 14.6. The van der Waals surface area contributed by atoms with E-state index in [-0.39, 0.29) is 18.1 Å². The number of aromatic nitrogens is 1. The predicted octanol–water partition coefficient (Wildman–Crippen LogP) is 3.79. The summed E-state index contributed by atoms with van der Waals surface area (Å²) < 4.78 is 51.1. The Morgan fingerprint density at radius 2 is 1.96 bits per heavy atom. The summed E-state index contributed by atoms with van der Waals surface area (Å²) in [5.41, 5.74) is 1.22. The van der Waals surface area contributed by atoms with Crippen LogP contribution in [0.3, 0.4) is 0 Å². The molecule has 0 fully saturated rings. The van der Waals surface area contributed by atoms with Crippen molar-refractivity contribution in [2.24, 2.45) is 0 Å². The third-order valence-corrected chi connectivity index (χ3v) is 3.70. The summed E-state index contributed by atoms with van der Waals surface area (Å²) in [5.74, 6) is -1.01. The molecule has 28 heavy (non-hydrogen) atoms. The maximum Gasteiger partial charge on any atom is 0.422 e. The van der Waals surface area contributed by atoms with Gasteiger partial charge in [0, 0.05) is 29.3 Å². The first-order chi connectivity index (χ1) is 13.2. The third-order valence-electron chi connectivity index (χ3n) is 3.70. The molecule has 146 valence electrons. The summed E-state index contributed by atoms with van der Waals surface area (Å²) in [7, 11) is 0. The van der Waals surface area contributed by atoms with Crippen LogP contribution in [0.25, 0.3) is 11.0 Å². The Kier molecular flexibility index (Phi) is 5.34. The highest BCUT2D eigenvalue weighted by atomic mass is 19.4. The molecule has 0 spiro atoms. The third kappa shape index (κ3) is 4.87. The van der Waals surface area contributed by atoms with Crippen LogP contribution in [-0.2, 0) is 11.3 Å². The van der Waals surface area contributed by atoms with Crippen LogP contribution in [0.4, 0.5) is 13.2 Å². The Bertz CT molecular complexity index is 1060. The molecule has 9 heteroatoms. The standard InChI is InChI=1S/C19H14F3NO5/c1-11-2-4-14-13(7-17(24)28-15(14)6-11)9-26-18(25)12-3-5-16(23-8-12)27-10-19(20,21)22/h2-8H,9-10H2,1H3. The second kappa shape index (κ2) is 7.71. The number of ether oxygens (including phenoxy) is 2. The van der Waals surface area contributed by atoms with Crippen molar-refractivity contribution in [2.75, 3.05) is 6.61 Å². The molecule has 0 aliphatic carbocycles. The minimum Gasteiger partial charge on any atom is -0.468 e. The number of rotatable bonds is 5. The SMILES string of the molecule is Cc1ccc2c(COC(=O)c3ccc(OCC(F)(F)F)nc3)cc(=O)oc2c1. The number of carbonyl (C=O) groups is 1. The molecule has 0 bridgehead atoms. The molecule has 0 saturated carbocycles. The Labute approximate surface area is 156 Å². The van der Waals surface area contributed by atoms with E-state index in [0.29, 0.717) is 16.5 Å². The van der Waals surface area contributed by atoms with Gasteiger partial charge in [-0.1, -0.05) is 12.1 Å². The number of nitrogens with zero attached hydrogens (tertiary/aromatic N) is 1. The number of pyridine rings is 1. The van der Waals surface area contributed by atoms with Gasteiger partial charge in [-0.05, 0) is 24.6 Å². The summed E-state index contributed by atoms with van der Waals surface area (Å²) in [4.78, 5) is 27.5. The number of hydrogen-bond acceptors (Lipinski definition) is 6. The van der Waals surface area contributed by atoms with E-state index in [2.05, 4.69) is 9.72 Å². The minimum absolute atomic E-state index is 0.0301. The minimum atomic E-state index is -4.48. The smallest absolute Gasteiger partial charge is 0.422 e. The van der Waals surface area contributed by atoms with Gasteiger partial charge in [0.15, 0.2) is 6.61 Å². The summed E-state index contributed by atoms with van der Waals surface area (Å²) in [6, 6.07) is 8.89. The van der Waals surface area contributed by atoms with Crippen molar-refractivity contribution in [3.05, 3.63) is 69.7 Å². The largest absolute Gasteiger partial charge is 0.468 e. The molecular weight excluding hydrogens is 379 g/mol. The second-order valence-corrected chi connectivity index (χ2v) is 5.96. The Hall–Kier alpha value is -3.36. The van der Waals surface area contributed by atoms with Gasteiger partial charge in [-0.15, -0.1) is 0 Å². The van der Waals surface area contributed by atoms with E-state index in [0.717, 1.165) is 17.8 Å². The summed E-state index contributed by atoms with van der Waals surface area (Å²) in [6.07, 6.45) is -3.43. The number of benzene rings is 1. The van der Waals surface area contributed by atoms with Crippen molar-refractivity contribution >= 4 is 16.9 Å². The number of halogens is 3. The van der Waals surface area contributed by atoms with E-state index < -0.39 is 24.4 Å². The average Bonchev–Trinajstić information content (AvgIpc) is 2.63. The maximum atomic E-state index is 12.1. The topological polar surface area (TPSA) is 78.6 Å². The fourth-order valence-corrected chi connectivity index (χ4v) is 2.43. The van der Waals surface area contributed by atoms with Gasteiger partial charge in [0.2, 0.25) is 5.88 Å². The molecule has 0 radical (unpaired) electrons. The lowest BCUT2D eigenvalue weighted by atomic mass is 10.1. The Balaban J connectivity index is 1.69. The fraction of sp³-hybridized carbons (Fsp3) is 0.211.